The molecule has 18 heavy (non-hydrogen) atoms. The largest absolute Gasteiger partial charge is 0.323 e. The van der Waals surface area contributed by atoms with Gasteiger partial charge in [-0.15, -0.1) is 0 Å². The van der Waals surface area contributed by atoms with Crippen molar-refractivity contribution >= 4 is 23.2 Å². The lowest BCUT2D eigenvalue weighted by molar-refractivity contribution is 0.604. The van der Waals surface area contributed by atoms with E-state index < -0.39 is 5.82 Å². The maximum Gasteiger partial charge on any atom is 0.207 e. The van der Waals surface area contributed by atoms with E-state index in [1.165, 1.54) is 6.07 Å². The van der Waals surface area contributed by atoms with Gasteiger partial charge in [0.15, 0.2) is 5.82 Å². The topological polar surface area (TPSA) is 29.9 Å². The van der Waals surface area contributed by atoms with Gasteiger partial charge in [0, 0.05) is 12.2 Å². The molecular formula is C13H15ClFN3. The second-order valence-electron chi connectivity index (χ2n) is 4.43. The van der Waals surface area contributed by atoms with Gasteiger partial charge in [0.1, 0.15) is 0 Å². The Labute approximate surface area is 111 Å². The Morgan fingerprint density at radius 3 is 2.78 bits per heavy atom. The van der Waals surface area contributed by atoms with Gasteiger partial charge in [0.05, 0.1) is 16.4 Å². The summed E-state index contributed by atoms with van der Waals surface area (Å²) >= 11 is 5.75. The first kappa shape index (κ1) is 12.9. The quantitative estimate of drug-likeness (QED) is 0.898. The number of aromatic nitrogens is 2. The molecule has 1 heterocycles. The van der Waals surface area contributed by atoms with Gasteiger partial charge in [-0.1, -0.05) is 17.7 Å². The van der Waals surface area contributed by atoms with Crippen molar-refractivity contribution < 1.29 is 4.39 Å². The van der Waals surface area contributed by atoms with Crippen LogP contribution in [0.25, 0.3) is 0 Å². The molecule has 1 aromatic carbocycles. The van der Waals surface area contributed by atoms with E-state index in [-0.39, 0.29) is 11.1 Å². The summed E-state index contributed by atoms with van der Waals surface area (Å²) in [4.78, 5) is 4.34. The first-order valence-electron chi connectivity index (χ1n) is 5.75. The van der Waals surface area contributed by atoms with Gasteiger partial charge in [0.25, 0.3) is 0 Å². The fraction of sp³-hybridized carbons (Fsp3) is 0.308. The van der Waals surface area contributed by atoms with E-state index >= 15 is 0 Å². The Hall–Kier alpha value is -1.55. The Bertz CT molecular complexity index is 563. The van der Waals surface area contributed by atoms with E-state index in [0.29, 0.717) is 11.6 Å². The van der Waals surface area contributed by atoms with Crippen LogP contribution < -0.4 is 5.32 Å². The molecule has 0 fully saturated rings. The number of benzene rings is 1. The minimum atomic E-state index is -0.463. The molecule has 0 aliphatic rings. The minimum absolute atomic E-state index is 0.0966. The van der Waals surface area contributed by atoms with Crippen molar-refractivity contribution in [2.24, 2.45) is 0 Å². The van der Waals surface area contributed by atoms with Gasteiger partial charge in [-0.05, 0) is 32.9 Å². The average Bonchev–Trinajstić information content (AvgIpc) is 2.66. The highest BCUT2D eigenvalue weighted by Crippen LogP contribution is 2.26. The monoisotopic (exact) mass is 267 g/mol. The highest BCUT2D eigenvalue weighted by Gasteiger charge is 2.12. The van der Waals surface area contributed by atoms with E-state index in [4.69, 9.17) is 11.6 Å². The number of aryl methyl sites for hydroxylation is 1. The number of hydrogen-bond acceptors (Lipinski definition) is 2. The Balaban J connectivity index is 2.37. The predicted molar refractivity (Wildman–Crippen MR) is 72.0 cm³/mol. The Morgan fingerprint density at radius 2 is 2.11 bits per heavy atom. The zero-order valence-corrected chi connectivity index (χ0v) is 11.3. The SMILES string of the molecule is Cc1cn(C(C)C)c(Nc2cccc(Cl)c2F)n1. The molecule has 5 heteroatoms. The number of halogens is 2. The van der Waals surface area contributed by atoms with Crippen LogP contribution in [0.3, 0.4) is 0 Å². The standard InChI is InChI=1S/C13H15ClFN3/c1-8(2)18-7-9(3)16-13(18)17-11-6-4-5-10(14)12(11)15/h4-8H,1-3H3,(H,16,17). The summed E-state index contributed by atoms with van der Waals surface area (Å²) in [5.41, 5.74) is 1.21. The molecule has 0 saturated heterocycles. The molecule has 0 amide bonds. The lowest BCUT2D eigenvalue weighted by Crippen LogP contribution is -2.06. The molecule has 0 unspecified atom stereocenters. The number of nitrogens with one attached hydrogen (secondary N) is 1. The zero-order valence-electron chi connectivity index (χ0n) is 10.5. The number of rotatable bonds is 3. The molecule has 96 valence electrons. The zero-order chi connectivity index (χ0) is 13.3. The van der Waals surface area contributed by atoms with Crippen molar-refractivity contribution in [3.63, 3.8) is 0 Å². The lowest BCUT2D eigenvalue weighted by Gasteiger charge is -2.13. The molecule has 0 bridgehead atoms. The van der Waals surface area contributed by atoms with Gasteiger partial charge < -0.3 is 9.88 Å². The van der Waals surface area contributed by atoms with Crippen LogP contribution in [0.5, 0.6) is 0 Å². The van der Waals surface area contributed by atoms with E-state index in [9.17, 15) is 4.39 Å². The Kier molecular flexibility index (Phi) is 3.57. The van der Waals surface area contributed by atoms with Crippen LogP contribution in [0, 0.1) is 12.7 Å². The van der Waals surface area contributed by atoms with Crippen LogP contribution in [-0.4, -0.2) is 9.55 Å². The molecule has 0 spiro atoms. The summed E-state index contributed by atoms with van der Waals surface area (Å²) in [7, 11) is 0. The molecule has 1 N–H and O–H groups in total. The van der Waals surface area contributed by atoms with Crippen LogP contribution in [0.2, 0.25) is 5.02 Å². The number of nitrogens with zero attached hydrogens (tertiary/aromatic N) is 2. The molecule has 2 aromatic rings. The summed E-state index contributed by atoms with van der Waals surface area (Å²) in [6, 6.07) is 5.09. The maximum absolute atomic E-state index is 13.8. The summed E-state index contributed by atoms with van der Waals surface area (Å²) < 4.78 is 15.7. The van der Waals surface area contributed by atoms with Crippen molar-refractivity contribution in [3.8, 4) is 0 Å². The number of imidazole rings is 1. The van der Waals surface area contributed by atoms with Crippen molar-refractivity contribution in [1.82, 2.24) is 9.55 Å². The number of anilines is 2. The molecule has 0 aliphatic heterocycles. The molecule has 0 atom stereocenters. The van der Waals surface area contributed by atoms with Crippen LogP contribution in [-0.2, 0) is 0 Å². The van der Waals surface area contributed by atoms with Crippen LogP contribution in [0.15, 0.2) is 24.4 Å². The van der Waals surface area contributed by atoms with E-state index in [0.717, 1.165) is 5.69 Å². The minimum Gasteiger partial charge on any atom is -0.323 e. The van der Waals surface area contributed by atoms with Crippen molar-refractivity contribution in [2.45, 2.75) is 26.8 Å². The maximum atomic E-state index is 13.8. The third kappa shape index (κ3) is 2.48. The van der Waals surface area contributed by atoms with Gasteiger partial charge in [0.2, 0.25) is 5.95 Å². The smallest absolute Gasteiger partial charge is 0.207 e. The summed E-state index contributed by atoms with van der Waals surface area (Å²) in [5, 5.41) is 3.07. The summed E-state index contributed by atoms with van der Waals surface area (Å²) in [5.74, 6) is 0.152. The van der Waals surface area contributed by atoms with Gasteiger partial charge in [-0.3, -0.25) is 0 Å². The van der Waals surface area contributed by atoms with Crippen LogP contribution in [0.4, 0.5) is 16.0 Å². The second kappa shape index (κ2) is 4.98. The van der Waals surface area contributed by atoms with Gasteiger partial charge >= 0.3 is 0 Å². The van der Waals surface area contributed by atoms with Crippen molar-refractivity contribution in [3.05, 3.63) is 40.9 Å². The van der Waals surface area contributed by atoms with E-state index in [1.807, 2.05) is 31.5 Å². The third-order valence-corrected chi connectivity index (χ3v) is 2.90. The summed E-state index contributed by atoms with van der Waals surface area (Å²) in [6.07, 6.45) is 1.93. The van der Waals surface area contributed by atoms with Gasteiger partial charge in [-0.25, -0.2) is 9.37 Å². The molecular weight excluding hydrogens is 253 g/mol. The average molecular weight is 268 g/mol. The van der Waals surface area contributed by atoms with E-state index in [1.54, 1.807) is 12.1 Å². The highest BCUT2D eigenvalue weighted by atomic mass is 35.5. The van der Waals surface area contributed by atoms with E-state index in [2.05, 4.69) is 10.3 Å². The second-order valence-corrected chi connectivity index (χ2v) is 4.84. The molecule has 1 aromatic heterocycles. The van der Waals surface area contributed by atoms with Gasteiger partial charge in [-0.2, -0.15) is 0 Å². The first-order valence-corrected chi connectivity index (χ1v) is 6.13. The Morgan fingerprint density at radius 1 is 1.39 bits per heavy atom. The highest BCUT2D eigenvalue weighted by molar-refractivity contribution is 6.31. The van der Waals surface area contributed by atoms with Crippen molar-refractivity contribution in [1.29, 1.82) is 0 Å². The first-order chi connectivity index (χ1) is 8.49. The number of hydrogen-bond donors (Lipinski definition) is 1. The molecule has 2 rings (SSSR count). The lowest BCUT2D eigenvalue weighted by atomic mass is 10.3. The molecule has 0 aliphatic carbocycles. The molecule has 0 saturated carbocycles. The summed E-state index contributed by atoms with van der Waals surface area (Å²) in [6.45, 7) is 5.99. The third-order valence-electron chi connectivity index (χ3n) is 2.61. The predicted octanol–water partition coefficient (Wildman–Crippen LogP) is 4.31. The van der Waals surface area contributed by atoms with Crippen molar-refractivity contribution in [2.75, 3.05) is 5.32 Å². The molecule has 3 nitrogen and oxygen atoms in total. The molecule has 0 radical (unpaired) electrons. The fourth-order valence-electron chi connectivity index (χ4n) is 1.72. The van der Waals surface area contributed by atoms with Crippen LogP contribution in [0.1, 0.15) is 25.6 Å². The van der Waals surface area contributed by atoms with Crippen LogP contribution >= 0.6 is 11.6 Å². The normalized spacial score (nSPS) is 11.0. The fourth-order valence-corrected chi connectivity index (χ4v) is 1.90.